The Balaban J connectivity index is 2.06. The zero-order valence-electron chi connectivity index (χ0n) is 12.4. The highest BCUT2D eigenvalue weighted by molar-refractivity contribution is 6.35. The van der Waals surface area contributed by atoms with Gasteiger partial charge in [0, 0.05) is 15.7 Å². The van der Waals surface area contributed by atoms with Crippen LogP contribution in [0.2, 0.25) is 10.0 Å². The van der Waals surface area contributed by atoms with Gasteiger partial charge in [0.25, 0.3) is 5.91 Å². The summed E-state index contributed by atoms with van der Waals surface area (Å²) in [5, 5.41) is 3.68. The molecule has 2 rings (SSSR count). The predicted molar refractivity (Wildman–Crippen MR) is 91.0 cm³/mol. The number of carbonyl (C=O) groups excluding carboxylic acids is 1. The van der Waals surface area contributed by atoms with Crippen molar-refractivity contribution in [3.05, 3.63) is 58.1 Å². The number of para-hydroxylation sites is 1. The Morgan fingerprint density at radius 2 is 1.82 bits per heavy atom. The third-order valence-electron chi connectivity index (χ3n) is 3.16. The lowest BCUT2D eigenvalue weighted by molar-refractivity contribution is -0.122. The van der Waals surface area contributed by atoms with Crippen LogP contribution in [0.4, 0.5) is 5.69 Å². The van der Waals surface area contributed by atoms with Crippen molar-refractivity contribution in [3.63, 3.8) is 0 Å². The second-order valence-electron chi connectivity index (χ2n) is 4.87. The van der Waals surface area contributed by atoms with E-state index in [1.165, 1.54) is 0 Å². The maximum atomic E-state index is 12.2. The monoisotopic (exact) mass is 337 g/mol. The van der Waals surface area contributed by atoms with Crippen molar-refractivity contribution in [2.24, 2.45) is 0 Å². The molecule has 3 nitrogen and oxygen atoms in total. The molecule has 0 aliphatic heterocycles. The van der Waals surface area contributed by atoms with E-state index in [2.05, 4.69) is 5.32 Å². The SMILES string of the molecule is CCc1ccccc1OC(C)C(=O)Nc1cc(Cl)cc(Cl)c1. The van der Waals surface area contributed by atoms with E-state index in [1.54, 1.807) is 25.1 Å². The molecule has 0 fully saturated rings. The number of ether oxygens (including phenoxy) is 1. The summed E-state index contributed by atoms with van der Waals surface area (Å²) in [5.41, 5.74) is 1.61. The lowest BCUT2D eigenvalue weighted by Gasteiger charge is -2.17. The number of benzene rings is 2. The highest BCUT2D eigenvalue weighted by Gasteiger charge is 2.16. The summed E-state index contributed by atoms with van der Waals surface area (Å²) >= 11 is 11.8. The summed E-state index contributed by atoms with van der Waals surface area (Å²) in [5.74, 6) is 0.459. The zero-order valence-corrected chi connectivity index (χ0v) is 13.9. The van der Waals surface area contributed by atoms with E-state index in [-0.39, 0.29) is 5.91 Å². The quantitative estimate of drug-likeness (QED) is 0.837. The minimum atomic E-state index is -0.634. The van der Waals surface area contributed by atoms with Crippen molar-refractivity contribution in [2.75, 3.05) is 5.32 Å². The molecule has 0 aliphatic carbocycles. The van der Waals surface area contributed by atoms with Crippen LogP contribution in [0.3, 0.4) is 0 Å². The van der Waals surface area contributed by atoms with Crippen molar-refractivity contribution in [1.29, 1.82) is 0 Å². The average molecular weight is 338 g/mol. The van der Waals surface area contributed by atoms with Crippen molar-refractivity contribution in [3.8, 4) is 5.75 Å². The summed E-state index contributed by atoms with van der Waals surface area (Å²) in [4.78, 5) is 12.2. The lowest BCUT2D eigenvalue weighted by Crippen LogP contribution is -2.30. The van der Waals surface area contributed by atoms with Gasteiger partial charge in [-0.25, -0.2) is 0 Å². The van der Waals surface area contributed by atoms with Gasteiger partial charge >= 0.3 is 0 Å². The first-order chi connectivity index (χ1) is 10.5. The molecule has 22 heavy (non-hydrogen) atoms. The molecule has 0 spiro atoms. The van der Waals surface area contributed by atoms with Crippen LogP contribution in [0.1, 0.15) is 19.4 Å². The topological polar surface area (TPSA) is 38.3 Å². The number of anilines is 1. The van der Waals surface area contributed by atoms with Gasteiger partial charge in [-0.3, -0.25) is 4.79 Å². The van der Waals surface area contributed by atoms with Crippen LogP contribution < -0.4 is 10.1 Å². The summed E-state index contributed by atoms with van der Waals surface area (Å²) in [6, 6.07) is 12.6. The van der Waals surface area contributed by atoms with Gasteiger partial charge in [0.05, 0.1) is 0 Å². The van der Waals surface area contributed by atoms with Gasteiger partial charge in [-0.05, 0) is 43.2 Å². The first kappa shape index (κ1) is 16.7. The van der Waals surface area contributed by atoms with Crippen molar-refractivity contribution < 1.29 is 9.53 Å². The summed E-state index contributed by atoms with van der Waals surface area (Å²) < 4.78 is 5.75. The van der Waals surface area contributed by atoms with E-state index in [0.29, 0.717) is 15.7 Å². The Kier molecular flexibility index (Phi) is 5.69. The summed E-state index contributed by atoms with van der Waals surface area (Å²) in [6.07, 6.45) is 0.208. The second kappa shape index (κ2) is 7.52. The molecule has 1 N–H and O–H groups in total. The van der Waals surface area contributed by atoms with Gasteiger partial charge in [-0.1, -0.05) is 48.3 Å². The summed E-state index contributed by atoms with van der Waals surface area (Å²) in [6.45, 7) is 3.74. The van der Waals surface area contributed by atoms with Gasteiger partial charge in [0.15, 0.2) is 6.10 Å². The van der Waals surface area contributed by atoms with Crippen molar-refractivity contribution in [2.45, 2.75) is 26.4 Å². The van der Waals surface area contributed by atoms with Crippen LogP contribution in [0.5, 0.6) is 5.75 Å². The molecule has 2 aromatic rings. The Labute approximate surface area is 140 Å². The molecular weight excluding hydrogens is 321 g/mol. The Hall–Kier alpha value is -1.71. The average Bonchev–Trinajstić information content (AvgIpc) is 2.46. The molecule has 0 saturated carbocycles. The Morgan fingerprint density at radius 1 is 1.18 bits per heavy atom. The first-order valence-corrected chi connectivity index (χ1v) is 7.76. The van der Waals surface area contributed by atoms with Gasteiger partial charge in [-0.15, -0.1) is 0 Å². The number of amides is 1. The molecule has 0 bridgehead atoms. The van der Waals surface area contributed by atoms with Gasteiger partial charge < -0.3 is 10.1 Å². The molecule has 5 heteroatoms. The number of aryl methyl sites for hydroxylation is 1. The maximum absolute atomic E-state index is 12.2. The minimum absolute atomic E-state index is 0.260. The molecule has 2 aromatic carbocycles. The smallest absolute Gasteiger partial charge is 0.265 e. The third kappa shape index (κ3) is 4.39. The molecular formula is C17H17Cl2NO2. The van der Waals surface area contributed by atoms with E-state index < -0.39 is 6.10 Å². The van der Waals surface area contributed by atoms with E-state index in [4.69, 9.17) is 27.9 Å². The van der Waals surface area contributed by atoms with Crippen molar-refractivity contribution in [1.82, 2.24) is 0 Å². The second-order valence-corrected chi connectivity index (χ2v) is 5.74. The Bertz CT molecular complexity index is 653. The maximum Gasteiger partial charge on any atom is 0.265 e. The number of nitrogens with one attached hydrogen (secondary N) is 1. The number of hydrogen-bond donors (Lipinski definition) is 1. The summed E-state index contributed by atoms with van der Waals surface area (Å²) in [7, 11) is 0. The molecule has 0 aliphatic rings. The van der Waals surface area contributed by atoms with Gasteiger partial charge in [-0.2, -0.15) is 0 Å². The first-order valence-electron chi connectivity index (χ1n) is 7.01. The molecule has 1 atom stereocenters. The number of carbonyl (C=O) groups is 1. The highest BCUT2D eigenvalue weighted by Crippen LogP contribution is 2.23. The molecule has 0 heterocycles. The molecule has 116 valence electrons. The lowest BCUT2D eigenvalue weighted by atomic mass is 10.1. The number of rotatable bonds is 5. The van der Waals surface area contributed by atoms with Crippen molar-refractivity contribution >= 4 is 34.8 Å². The Morgan fingerprint density at radius 3 is 2.45 bits per heavy atom. The standard InChI is InChI=1S/C17H17Cl2NO2/c1-3-12-6-4-5-7-16(12)22-11(2)17(21)20-15-9-13(18)8-14(19)10-15/h4-11H,3H2,1-2H3,(H,20,21). The predicted octanol–water partition coefficient (Wildman–Crippen LogP) is 4.96. The van der Waals surface area contributed by atoms with Gasteiger partial charge in [0.1, 0.15) is 5.75 Å². The minimum Gasteiger partial charge on any atom is -0.481 e. The zero-order chi connectivity index (χ0) is 16.1. The fraction of sp³-hybridized carbons (Fsp3) is 0.235. The fourth-order valence-corrected chi connectivity index (χ4v) is 2.55. The van der Waals surface area contributed by atoms with Gasteiger partial charge in [0.2, 0.25) is 0 Å². The molecule has 1 amide bonds. The number of hydrogen-bond acceptors (Lipinski definition) is 2. The van der Waals surface area contributed by atoms with E-state index in [1.807, 2.05) is 31.2 Å². The number of halogens is 2. The molecule has 0 aromatic heterocycles. The molecule has 1 unspecified atom stereocenters. The third-order valence-corrected chi connectivity index (χ3v) is 3.59. The fourth-order valence-electron chi connectivity index (χ4n) is 2.02. The van der Waals surface area contributed by atoms with Crippen LogP contribution in [0.25, 0.3) is 0 Å². The van der Waals surface area contributed by atoms with E-state index in [0.717, 1.165) is 17.7 Å². The van der Waals surface area contributed by atoms with E-state index in [9.17, 15) is 4.79 Å². The molecule has 0 radical (unpaired) electrons. The van der Waals surface area contributed by atoms with Crippen LogP contribution in [-0.2, 0) is 11.2 Å². The molecule has 0 saturated heterocycles. The van der Waals surface area contributed by atoms with Crippen LogP contribution >= 0.6 is 23.2 Å². The van der Waals surface area contributed by atoms with Crippen LogP contribution in [0.15, 0.2) is 42.5 Å². The largest absolute Gasteiger partial charge is 0.481 e. The van der Waals surface area contributed by atoms with Crippen LogP contribution in [0, 0.1) is 0 Å². The normalized spacial score (nSPS) is 11.8. The highest BCUT2D eigenvalue weighted by atomic mass is 35.5. The van der Waals surface area contributed by atoms with E-state index >= 15 is 0 Å². The van der Waals surface area contributed by atoms with Crippen LogP contribution in [-0.4, -0.2) is 12.0 Å².